The minimum absolute atomic E-state index is 0.461. The monoisotopic (exact) mass is 304 g/mol. The number of hydrogen-bond acceptors (Lipinski definition) is 3. The first-order chi connectivity index (χ1) is 10.2. The summed E-state index contributed by atoms with van der Waals surface area (Å²) in [6.45, 7) is 8.27. The predicted molar refractivity (Wildman–Crippen MR) is 92.9 cm³/mol. The maximum atomic E-state index is 3.74. The molecule has 116 valence electrons. The molecule has 21 heavy (non-hydrogen) atoms. The van der Waals surface area contributed by atoms with Crippen LogP contribution in [0.1, 0.15) is 44.7 Å². The van der Waals surface area contributed by atoms with Gasteiger partial charge in [-0.3, -0.25) is 4.90 Å². The van der Waals surface area contributed by atoms with Crippen molar-refractivity contribution in [1.82, 2.24) is 10.2 Å². The van der Waals surface area contributed by atoms with E-state index in [9.17, 15) is 0 Å². The molecule has 0 bridgehead atoms. The molecule has 2 nitrogen and oxygen atoms in total. The molecule has 0 aliphatic carbocycles. The molecule has 2 saturated heterocycles. The van der Waals surface area contributed by atoms with Gasteiger partial charge in [0.2, 0.25) is 0 Å². The zero-order valence-corrected chi connectivity index (χ0v) is 14.2. The van der Waals surface area contributed by atoms with Gasteiger partial charge in [-0.05, 0) is 37.5 Å². The van der Waals surface area contributed by atoms with Crippen molar-refractivity contribution in [3.63, 3.8) is 0 Å². The summed E-state index contributed by atoms with van der Waals surface area (Å²) in [5, 5.41) is 3.74. The van der Waals surface area contributed by atoms with Crippen LogP contribution in [0.15, 0.2) is 30.3 Å². The Morgan fingerprint density at radius 3 is 2.81 bits per heavy atom. The van der Waals surface area contributed by atoms with Crippen molar-refractivity contribution >= 4 is 11.8 Å². The van der Waals surface area contributed by atoms with Gasteiger partial charge in [0.15, 0.2) is 0 Å². The van der Waals surface area contributed by atoms with Crippen LogP contribution in [0.4, 0.5) is 0 Å². The minimum Gasteiger partial charge on any atom is -0.311 e. The van der Waals surface area contributed by atoms with Crippen molar-refractivity contribution in [2.45, 2.75) is 49.9 Å². The molecule has 0 amide bonds. The van der Waals surface area contributed by atoms with Gasteiger partial charge in [0.1, 0.15) is 0 Å². The Labute approximate surface area is 133 Å². The summed E-state index contributed by atoms with van der Waals surface area (Å²) in [5.41, 5.74) is 1.46. The standard InChI is InChI=1S/C18H28N2S/c1-3-16-13-20(14-18(2)10-7-11-21-18)17(12-19-16)15-8-5-4-6-9-15/h4-6,8-9,16-17,19H,3,7,10-14H2,1-2H3. The summed E-state index contributed by atoms with van der Waals surface area (Å²) >= 11 is 2.18. The van der Waals surface area contributed by atoms with Gasteiger partial charge in [-0.25, -0.2) is 0 Å². The number of thioether (sulfide) groups is 1. The van der Waals surface area contributed by atoms with Crippen molar-refractivity contribution in [2.24, 2.45) is 0 Å². The summed E-state index contributed by atoms with van der Waals surface area (Å²) in [4.78, 5) is 2.75. The summed E-state index contributed by atoms with van der Waals surface area (Å²) in [6, 6.07) is 12.2. The molecule has 2 aliphatic heterocycles. The molecule has 0 saturated carbocycles. The molecule has 3 rings (SSSR count). The van der Waals surface area contributed by atoms with Gasteiger partial charge >= 0.3 is 0 Å². The highest BCUT2D eigenvalue weighted by Crippen LogP contribution is 2.40. The Kier molecular flexibility index (Phi) is 4.92. The van der Waals surface area contributed by atoms with E-state index in [1.54, 1.807) is 0 Å². The molecule has 0 radical (unpaired) electrons. The van der Waals surface area contributed by atoms with E-state index >= 15 is 0 Å². The lowest BCUT2D eigenvalue weighted by molar-refractivity contribution is 0.117. The van der Waals surface area contributed by atoms with Gasteiger partial charge in [0.05, 0.1) is 0 Å². The number of nitrogens with zero attached hydrogens (tertiary/aromatic N) is 1. The zero-order valence-electron chi connectivity index (χ0n) is 13.3. The lowest BCUT2D eigenvalue weighted by atomic mass is 9.97. The molecule has 0 spiro atoms. The maximum Gasteiger partial charge on any atom is 0.0474 e. The minimum atomic E-state index is 0.461. The lowest BCUT2D eigenvalue weighted by Crippen LogP contribution is -2.54. The third-order valence-electron chi connectivity index (χ3n) is 5.01. The van der Waals surface area contributed by atoms with Crippen LogP contribution >= 0.6 is 11.8 Å². The quantitative estimate of drug-likeness (QED) is 0.913. The van der Waals surface area contributed by atoms with Crippen LogP contribution in [0, 0.1) is 0 Å². The second kappa shape index (κ2) is 6.72. The molecule has 0 aromatic heterocycles. The van der Waals surface area contributed by atoms with Crippen molar-refractivity contribution in [2.75, 3.05) is 25.4 Å². The van der Waals surface area contributed by atoms with E-state index in [0.29, 0.717) is 16.8 Å². The van der Waals surface area contributed by atoms with E-state index in [4.69, 9.17) is 0 Å². The van der Waals surface area contributed by atoms with Crippen molar-refractivity contribution in [3.8, 4) is 0 Å². The van der Waals surface area contributed by atoms with Gasteiger partial charge in [-0.2, -0.15) is 11.8 Å². The van der Waals surface area contributed by atoms with E-state index < -0.39 is 0 Å². The number of benzene rings is 1. The van der Waals surface area contributed by atoms with Gasteiger partial charge < -0.3 is 5.32 Å². The summed E-state index contributed by atoms with van der Waals surface area (Å²) in [7, 11) is 0. The van der Waals surface area contributed by atoms with E-state index in [-0.39, 0.29) is 0 Å². The molecule has 2 fully saturated rings. The van der Waals surface area contributed by atoms with Crippen molar-refractivity contribution in [3.05, 3.63) is 35.9 Å². The second-order valence-corrected chi connectivity index (χ2v) is 8.45. The summed E-state index contributed by atoms with van der Waals surface area (Å²) < 4.78 is 0.461. The topological polar surface area (TPSA) is 15.3 Å². The fourth-order valence-corrected chi connectivity index (χ4v) is 5.05. The summed E-state index contributed by atoms with van der Waals surface area (Å²) in [5.74, 6) is 1.34. The molecule has 1 aromatic rings. The maximum absolute atomic E-state index is 3.74. The first-order valence-corrected chi connectivity index (χ1v) is 9.35. The first kappa shape index (κ1) is 15.4. The molecule has 1 aromatic carbocycles. The van der Waals surface area contributed by atoms with Crippen LogP contribution in [0.5, 0.6) is 0 Å². The zero-order chi connectivity index (χ0) is 14.7. The largest absolute Gasteiger partial charge is 0.311 e. The highest BCUT2D eigenvalue weighted by molar-refractivity contribution is 8.00. The highest BCUT2D eigenvalue weighted by Gasteiger charge is 2.36. The van der Waals surface area contributed by atoms with Crippen LogP contribution < -0.4 is 5.32 Å². The average Bonchev–Trinajstić information content (AvgIpc) is 2.94. The van der Waals surface area contributed by atoms with E-state index in [2.05, 4.69) is 66.2 Å². The third kappa shape index (κ3) is 3.64. The fourth-order valence-electron chi connectivity index (χ4n) is 3.73. The SMILES string of the molecule is CCC1CN(CC2(C)CCCS2)C(c2ccccc2)CN1. The van der Waals surface area contributed by atoms with Crippen molar-refractivity contribution in [1.29, 1.82) is 0 Å². The molecule has 2 aliphatic rings. The Morgan fingerprint density at radius 2 is 2.14 bits per heavy atom. The Balaban J connectivity index is 1.77. The molecular weight excluding hydrogens is 276 g/mol. The van der Waals surface area contributed by atoms with Gasteiger partial charge in [0, 0.05) is 36.5 Å². The van der Waals surface area contributed by atoms with E-state index in [1.165, 1.54) is 43.7 Å². The van der Waals surface area contributed by atoms with Gasteiger partial charge in [-0.1, -0.05) is 37.3 Å². The second-order valence-electron chi connectivity index (χ2n) is 6.77. The number of nitrogens with one attached hydrogen (secondary N) is 1. The lowest BCUT2D eigenvalue weighted by Gasteiger charge is -2.43. The van der Waals surface area contributed by atoms with E-state index in [0.717, 1.165) is 6.54 Å². The highest BCUT2D eigenvalue weighted by atomic mass is 32.2. The summed E-state index contributed by atoms with van der Waals surface area (Å²) in [6.07, 6.45) is 3.99. The first-order valence-electron chi connectivity index (χ1n) is 8.36. The van der Waals surface area contributed by atoms with Crippen LogP contribution in [-0.2, 0) is 0 Å². The molecule has 1 N–H and O–H groups in total. The Bertz CT molecular complexity index is 442. The van der Waals surface area contributed by atoms with Gasteiger partial charge in [-0.15, -0.1) is 0 Å². The van der Waals surface area contributed by atoms with Crippen LogP contribution in [0.2, 0.25) is 0 Å². The molecular formula is C18H28N2S. The predicted octanol–water partition coefficient (Wildman–Crippen LogP) is 3.70. The molecule has 3 unspecified atom stereocenters. The average molecular weight is 305 g/mol. The smallest absolute Gasteiger partial charge is 0.0474 e. The molecule has 3 heteroatoms. The van der Waals surface area contributed by atoms with Crippen LogP contribution in [0.3, 0.4) is 0 Å². The number of hydrogen-bond donors (Lipinski definition) is 1. The Hall–Kier alpha value is -0.510. The number of rotatable bonds is 4. The molecule has 3 atom stereocenters. The third-order valence-corrected chi connectivity index (χ3v) is 6.53. The number of piperazine rings is 1. The van der Waals surface area contributed by atoms with Gasteiger partial charge in [0.25, 0.3) is 0 Å². The van der Waals surface area contributed by atoms with Crippen LogP contribution in [-0.4, -0.2) is 41.1 Å². The van der Waals surface area contributed by atoms with E-state index in [1.807, 2.05) is 0 Å². The Morgan fingerprint density at radius 1 is 1.33 bits per heavy atom. The van der Waals surface area contributed by atoms with Crippen LogP contribution in [0.25, 0.3) is 0 Å². The molecule has 2 heterocycles. The normalized spacial score (nSPS) is 34.2. The fraction of sp³-hybridized carbons (Fsp3) is 0.667. The van der Waals surface area contributed by atoms with Crippen molar-refractivity contribution < 1.29 is 0 Å².